The van der Waals surface area contributed by atoms with Crippen molar-refractivity contribution >= 4 is 0 Å². The van der Waals surface area contributed by atoms with E-state index >= 15 is 0 Å². The van der Waals surface area contributed by atoms with Crippen molar-refractivity contribution in [3.63, 3.8) is 0 Å². The maximum absolute atomic E-state index is 3.76. The van der Waals surface area contributed by atoms with Crippen LogP contribution in [0.5, 0.6) is 0 Å². The molecule has 2 aliphatic rings. The zero-order valence-corrected chi connectivity index (χ0v) is 11.1. The molecule has 1 aromatic carbocycles. The summed E-state index contributed by atoms with van der Waals surface area (Å²) in [5.74, 6) is 0. The van der Waals surface area contributed by atoms with Crippen molar-refractivity contribution in [2.75, 3.05) is 13.1 Å². The number of fused-ring (bicyclic) bond motifs is 1. The second kappa shape index (κ2) is 5.85. The predicted octanol–water partition coefficient (Wildman–Crippen LogP) is 2.79. The van der Waals surface area contributed by atoms with Crippen molar-refractivity contribution in [1.29, 1.82) is 0 Å². The van der Waals surface area contributed by atoms with Crippen LogP contribution in [-0.4, -0.2) is 30.1 Å². The molecule has 0 aromatic heterocycles. The van der Waals surface area contributed by atoms with Gasteiger partial charge in [0, 0.05) is 18.6 Å². The monoisotopic (exact) mass is 244 g/mol. The molecule has 98 valence electrons. The maximum Gasteiger partial charge on any atom is 0.0252 e. The second-order valence-electron chi connectivity index (χ2n) is 5.72. The molecule has 0 saturated carbocycles. The van der Waals surface area contributed by atoms with Crippen molar-refractivity contribution in [3.05, 3.63) is 35.9 Å². The summed E-state index contributed by atoms with van der Waals surface area (Å²) in [4.78, 5) is 2.71. The van der Waals surface area contributed by atoms with Gasteiger partial charge in [0.25, 0.3) is 0 Å². The van der Waals surface area contributed by atoms with Crippen LogP contribution in [0, 0.1) is 0 Å². The lowest BCUT2D eigenvalue weighted by atomic mass is 9.93. The molecule has 2 fully saturated rings. The Morgan fingerprint density at radius 1 is 1.06 bits per heavy atom. The number of nitrogens with one attached hydrogen (secondary N) is 1. The van der Waals surface area contributed by atoms with Gasteiger partial charge < -0.3 is 5.32 Å². The molecule has 2 atom stereocenters. The Hall–Kier alpha value is -0.860. The summed E-state index contributed by atoms with van der Waals surface area (Å²) in [6, 6.07) is 12.4. The summed E-state index contributed by atoms with van der Waals surface area (Å²) in [7, 11) is 0. The lowest BCUT2D eigenvalue weighted by Crippen LogP contribution is -2.52. The Morgan fingerprint density at radius 3 is 2.83 bits per heavy atom. The molecule has 0 unspecified atom stereocenters. The van der Waals surface area contributed by atoms with E-state index in [1.54, 1.807) is 0 Å². The molecule has 2 aliphatic heterocycles. The first kappa shape index (κ1) is 12.2. The molecule has 1 N–H and O–H groups in total. The number of hydrogen-bond donors (Lipinski definition) is 1. The van der Waals surface area contributed by atoms with Gasteiger partial charge in [-0.2, -0.15) is 0 Å². The van der Waals surface area contributed by atoms with Crippen LogP contribution in [0.25, 0.3) is 0 Å². The summed E-state index contributed by atoms with van der Waals surface area (Å²) in [5.41, 5.74) is 1.46. The summed E-state index contributed by atoms with van der Waals surface area (Å²) < 4.78 is 0. The summed E-state index contributed by atoms with van der Waals surface area (Å²) in [6.45, 7) is 3.63. The maximum atomic E-state index is 3.76. The van der Waals surface area contributed by atoms with Crippen LogP contribution < -0.4 is 5.32 Å². The molecule has 2 heteroatoms. The molecular weight excluding hydrogens is 220 g/mol. The van der Waals surface area contributed by atoms with Gasteiger partial charge in [-0.05, 0) is 44.3 Å². The van der Waals surface area contributed by atoms with E-state index in [1.165, 1.54) is 50.8 Å². The molecule has 2 nitrogen and oxygen atoms in total. The molecule has 0 spiro atoms. The standard InChI is InChI=1S/C16H24N2/c1-2-7-14(8-3-1)13-18-12-6-9-15-16(18)10-4-5-11-17-15/h1-3,7-8,15-17H,4-6,9-13H2/t15-,16-/m0/s1. The second-order valence-corrected chi connectivity index (χ2v) is 5.72. The van der Waals surface area contributed by atoms with Crippen molar-refractivity contribution in [1.82, 2.24) is 10.2 Å². The lowest BCUT2D eigenvalue weighted by molar-refractivity contribution is 0.104. The van der Waals surface area contributed by atoms with Gasteiger partial charge in [0.05, 0.1) is 0 Å². The third kappa shape index (κ3) is 2.76. The van der Waals surface area contributed by atoms with Crippen molar-refractivity contribution < 1.29 is 0 Å². The van der Waals surface area contributed by atoms with Crippen LogP contribution in [0.15, 0.2) is 30.3 Å². The largest absolute Gasteiger partial charge is 0.312 e. The minimum atomic E-state index is 0.741. The number of benzene rings is 1. The molecule has 2 heterocycles. The van der Waals surface area contributed by atoms with Gasteiger partial charge in [-0.3, -0.25) is 4.90 Å². The molecule has 0 radical (unpaired) electrons. The quantitative estimate of drug-likeness (QED) is 0.860. The van der Waals surface area contributed by atoms with Crippen LogP contribution in [0.4, 0.5) is 0 Å². The van der Waals surface area contributed by atoms with Gasteiger partial charge in [-0.25, -0.2) is 0 Å². The van der Waals surface area contributed by atoms with Crippen LogP contribution in [0.3, 0.4) is 0 Å². The van der Waals surface area contributed by atoms with E-state index in [9.17, 15) is 0 Å². The molecule has 1 aromatic rings. The minimum absolute atomic E-state index is 0.741. The SMILES string of the molecule is c1ccc(CN2CCC[C@@H]3NCCCC[C@@H]32)cc1. The van der Waals surface area contributed by atoms with Crippen molar-refractivity contribution in [2.45, 2.75) is 50.7 Å². The first-order chi connectivity index (χ1) is 8.93. The summed E-state index contributed by atoms with van der Waals surface area (Å²) in [5, 5.41) is 3.76. The molecule has 3 rings (SSSR count). The molecule has 2 saturated heterocycles. The highest BCUT2D eigenvalue weighted by molar-refractivity contribution is 5.15. The smallest absolute Gasteiger partial charge is 0.0252 e. The first-order valence-corrected chi connectivity index (χ1v) is 7.45. The Bertz CT molecular complexity index is 363. The molecule has 0 aliphatic carbocycles. The molecule has 18 heavy (non-hydrogen) atoms. The van der Waals surface area contributed by atoms with Gasteiger partial charge >= 0.3 is 0 Å². The fraction of sp³-hybridized carbons (Fsp3) is 0.625. The Morgan fingerprint density at radius 2 is 1.94 bits per heavy atom. The van der Waals surface area contributed by atoms with Crippen LogP contribution in [0.1, 0.15) is 37.7 Å². The van der Waals surface area contributed by atoms with Crippen LogP contribution >= 0.6 is 0 Å². The Balaban J connectivity index is 1.70. The highest BCUT2D eigenvalue weighted by Gasteiger charge is 2.31. The fourth-order valence-electron chi connectivity index (χ4n) is 3.53. The van der Waals surface area contributed by atoms with Crippen LogP contribution in [-0.2, 0) is 6.54 Å². The number of likely N-dealkylation sites (tertiary alicyclic amines) is 1. The highest BCUT2D eigenvalue weighted by Crippen LogP contribution is 2.25. The fourth-order valence-corrected chi connectivity index (χ4v) is 3.53. The van der Waals surface area contributed by atoms with Gasteiger partial charge in [-0.1, -0.05) is 36.8 Å². The van der Waals surface area contributed by atoms with E-state index < -0.39 is 0 Å². The summed E-state index contributed by atoms with van der Waals surface area (Å²) in [6.07, 6.45) is 6.84. The topological polar surface area (TPSA) is 15.3 Å². The first-order valence-electron chi connectivity index (χ1n) is 7.45. The number of hydrogen-bond acceptors (Lipinski definition) is 2. The third-order valence-corrected chi connectivity index (χ3v) is 4.46. The zero-order valence-electron chi connectivity index (χ0n) is 11.1. The average Bonchev–Trinajstić information content (AvgIpc) is 2.66. The number of piperidine rings is 1. The van der Waals surface area contributed by atoms with E-state index in [-0.39, 0.29) is 0 Å². The van der Waals surface area contributed by atoms with Gasteiger partial charge in [0.15, 0.2) is 0 Å². The van der Waals surface area contributed by atoms with Crippen molar-refractivity contribution in [2.24, 2.45) is 0 Å². The normalized spacial score (nSPS) is 29.6. The predicted molar refractivity (Wildman–Crippen MR) is 75.5 cm³/mol. The molecule has 0 bridgehead atoms. The minimum Gasteiger partial charge on any atom is -0.312 e. The Kier molecular flexibility index (Phi) is 3.96. The Labute approximate surface area is 110 Å². The van der Waals surface area contributed by atoms with Gasteiger partial charge in [-0.15, -0.1) is 0 Å². The number of nitrogens with zero attached hydrogens (tertiary/aromatic N) is 1. The van der Waals surface area contributed by atoms with E-state index in [1.807, 2.05) is 0 Å². The molecule has 0 amide bonds. The zero-order chi connectivity index (χ0) is 12.2. The van der Waals surface area contributed by atoms with Gasteiger partial charge in [0.2, 0.25) is 0 Å². The average molecular weight is 244 g/mol. The van der Waals surface area contributed by atoms with E-state index in [2.05, 4.69) is 40.5 Å². The number of rotatable bonds is 2. The third-order valence-electron chi connectivity index (χ3n) is 4.46. The highest BCUT2D eigenvalue weighted by atomic mass is 15.2. The van der Waals surface area contributed by atoms with Crippen molar-refractivity contribution in [3.8, 4) is 0 Å². The van der Waals surface area contributed by atoms with E-state index in [4.69, 9.17) is 0 Å². The molecular formula is C16H24N2. The van der Waals surface area contributed by atoms with E-state index in [0.29, 0.717) is 0 Å². The van der Waals surface area contributed by atoms with Crippen LogP contribution in [0.2, 0.25) is 0 Å². The lowest BCUT2D eigenvalue weighted by Gasteiger charge is -2.41. The van der Waals surface area contributed by atoms with E-state index in [0.717, 1.165) is 18.6 Å². The van der Waals surface area contributed by atoms with Gasteiger partial charge in [0.1, 0.15) is 0 Å². The summed E-state index contributed by atoms with van der Waals surface area (Å²) >= 11 is 0.